The summed E-state index contributed by atoms with van der Waals surface area (Å²) in [4.78, 5) is 12.6. The van der Waals surface area contributed by atoms with E-state index in [4.69, 9.17) is 0 Å². The molecule has 0 saturated carbocycles. The first-order valence-electron chi connectivity index (χ1n) is 4.49. The number of benzene rings is 1. The third-order valence-corrected chi connectivity index (χ3v) is 2.70. The lowest BCUT2D eigenvalue weighted by atomic mass is 10.3. The number of aromatic amines is 1. The molecule has 0 bridgehead atoms. The summed E-state index contributed by atoms with van der Waals surface area (Å²) in [7, 11) is 0. The van der Waals surface area contributed by atoms with E-state index in [0.29, 0.717) is 0 Å². The van der Waals surface area contributed by atoms with Crippen molar-refractivity contribution in [1.29, 1.82) is 0 Å². The number of amides is 1. The third-order valence-electron chi connectivity index (χ3n) is 1.90. The molecule has 2 rings (SSSR count). The number of anilines is 1. The van der Waals surface area contributed by atoms with Crippen molar-refractivity contribution in [3.05, 3.63) is 30.1 Å². The number of hydrogen-bond donors (Lipinski definition) is 2. The van der Waals surface area contributed by atoms with Gasteiger partial charge in [0.05, 0.1) is 5.69 Å². The van der Waals surface area contributed by atoms with Gasteiger partial charge in [0.1, 0.15) is 0 Å². The van der Waals surface area contributed by atoms with E-state index in [9.17, 15) is 4.79 Å². The molecule has 0 atom stereocenters. The van der Waals surface area contributed by atoms with Crippen LogP contribution < -0.4 is 5.32 Å². The zero-order valence-electron chi connectivity index (χ0n) is 8.47. The Balaban J connectivity index is 2.18. The van der Waals surface area contributed by atoms with Gasteiger partial charge in [-0.15, -0.1) is 22.0 Å². The number of nitrogens with one attached hydrogen (secondary N) is 2. The maximum Gasteiger partial charge on any atom is 0.297 e. The first kappa shape index (κ1) is 10.6. The van der Waals surface area contributed by atoms with E-state index in [1.54, 1.807) is 11.8 Å². The molecule has 2 aromatic rings. The molecule has 0 aliphatic rings. The van der Waals surface area contributed by atoms with Crippen LogP contribution in [0.2, 0.25) is 0 Å². The van der Waals surface area contributed by atoms with Crippen molar-refractivity contribution in [2.24, 2.45) is 0 Å². The number of para-hydroxylation sites is 1. The molecule has 1 aromatic heterocycles. The highest BCUT2D eigenvalue weighted by atomic mass is 32.2. The molecule has 0 aliphatic heterocycles. The van der Waals surface area contributed by atoms with Crippen LogP contribution in [-0.4, -0.2) is 32.8 Å². The third kappa shape index (κ3) is 2.19. The van der Waals surface area contributed by atoms with Gasteiger partial charge in [-0.25, -0.2) is 0 Å². The Morgan fingerprint density at radius 2 is 2.25 bits per heavy atom. The van der Waals surface area contributed by atoms with E-state index in [0.717, 1.165) is 10.6 Å². The van der Waals surface area contributed by atoms with Crippen molar-refractivity contribution in [2.45, 2.75) is 4.90 Å². The van der Waals surface area contributed by atoms with Gasteiger partial charge in [-0.3, -0.25) is 4.79 Å². The van der Waals surface area contributed by atoms with E-state index < -0.39 is 0 Å². The van der Waals surface area contributed by atoms with Crippen LogP contribution in [0.3, 0.4) is 0 Å². The molecule has 0 saturated heterocycles. The molecule has 1 heterocycles. The topological polar surface area (TPSA) is 83.6 Å². The summed E-state index contributed by atoms with van der Waals surface area (Å²) in [5.74, 6) is -0.355. The van der Waals surface area contributed by atoms with E-state index >= 15 is 0 Å². The van der Waals surface area contributed by atoms with Crippen molar-refractivity contribution >= 4 is 23.4 Å². The number of H-pyrrole nitrogens is 1. The fourth-order valence-corrected chi connectivity index (χ4v) is 1.74. The molecule has 0 fully saturated rings. The summed E-state index contributed by atoms with van der Waals surface area (Å²) in [6.07, 6.45) is 1.94. The minimum atomic E-state index is -0.379. The van der Waals surface area contributed by atoms with Gasteiger partial charge in [0.25, 0.3) is 11.7 Å². The predicted molar refractivity (Wildman–Crippen MR) is 60.4 cm³/mol. The van der Waals surface area contributed by atoms with Crippen LogP contribution in [0.5, 0.6) is 0 Å². The van der Waals surface area contributed by atoms with Crippen molar-refractivity contribution < 1.29 is 4.79 Å². The number of nitrogens with zero attached hydrogens (tertiary/aromatic N) is 3. The fourth-order valence-electron chi connectivity index (χ4n) is 1.18. The first-order chi connectivity index (χ1) is 7.81. The van der Waals surface area contributed by atoms with Gasteiger partial charge in [-0.05, 0) is 23.6 Å². The van der Waals surface area contributed by atoms with Crippen LogP contribution in [0.1, 0.15) is 10.6 Å². The molecule has 2 N–H and O–H groups in total. The number of aromatic nitrogens is 4. The fraction of sp³-hybridized carbons (Fsp3) is 0.111. The average Bonchev–Trinajstić information content (AvgIpc) is 2.83. The van der Waals surface area contributed by atoms with Gasteiger partial charge >= 0.3 is 0 Å². The second-order valence-corrected chi connectivity index (χ2v) is 3.74. The van der Waals surface area contributed by atoms with Crippen LogP contribution in [0.25, 0.3) is 0 Å². The normalized spacial score (nSPS) is 10.1. The van der Waals surface area contributed by atoms with E-state index in [1.165, 1.54) is 0 Å². The summed E-state index contributed by atoms with van der Waals surface area (Å²) in [5, 5.41) is 15.5. The van der Waals surface area contributed by atoms with Crippen molar-refractivity contribution in [3.63, 3.8) is 0 Å². The second-order valence-electron chi connectivity index (χ2n) is 2.89. The molecule has 16 heavy (non-hydrogen) atoms. The van der Waals surface area contributed by atoms with Gasteiger partial charge in [0, 0.05) is 4.90 Å². The van der Waals surface area contributed by atoms with Crippen molar-refractivity contribution in [1.82, 2.24) is 20.6 Å². The van der Waals surface area contributed by atoms with Crippen LogP contribution in [0.15, 0.2) is 29.2 Å². The number of tetrazole rings is 1. The predicted octanol–water partition coefficient (Wildman–Crippen LogP) is 1.17. The SMILES string of the molecule is CSc1ccccc1NC(=O)c1nn[nH]n1. The Bertz CT molecular complexity index is 484. The Morgan fingerprint density at radius 1 is 1.44 bits per heavy atom. The zero-order valence-corrected chi connectivity index (χ0v) is 9.28. The van der Waals surface area contributed by atoms with Gasteiger partial charge in [-0.2, -0.15) is 5.21 Å². The van der Waals surface area contributed by atoms with E-state index in [1.807, 2.05) is 30.5 Å². The Hall–Kier alpha value is -1.89. The molecule has 1 amide bonds. The molecule has 6 nitrogen and oxygen atoms in total. The van der Waals surface area contributed by atoms with Crippen molar-refractivity contribution in [3.8, 4) is 0 Å². The molecular weight excluding hydrogens is 226 g/mol. The van der Waals surface area contributed by atoms with Crippen LogP contribution in [0, 0.1) is 0 Å². The highest BCUT2D eigenvalue weighted by Crippen LogP contribution is 2.24. The smallest absolute Gasteiger partial charge is 0.297 e. The molecule has 0 aliphatic carbocycles. The van der Waals surface area contributed by atoms with E-state index in [-0.39, 0.29) is 11.7 Å². The van der Waals surface area contributed by atoms with Crippen LogP contribution >= 0.6 is 11.8 Å². The Kier molecular flexibility index (Phi) is 3.16. The molecule has 0 spiro atoms. The minimum absolute atomic E-state index is 0.0240. The monoisotopic (exact) mass is 235 g/mol. The number of hydrogen-bond acceptors (Lipinski definition) is 5. The second kappa shape index (κ2) is 4.75. The Morgan fingerprint density at radius 3 is 2.94 bits per heavy atom. The standard InChI is InChI=1S/C9H9N5OS/c1-16-7-5-3-2-4-6(7)10-9(15)8-11-13-14-12-8/h2-5H,1H3,(H,10,15)(H,11,12,13,14). The van der Waals surface area contributed by atoms with Crippen molar-refractivity contribution in [2.75, 3.05) is 11.6 Å². The Labute approximate surface area is 95.8 Å². The molecule has 1 aromatic carbocycles. The highest BCUT2D eigenvalue weighted by molar-refractivity contribution is 7.98. The lowest BCUT2D eigenvalue weighted by molar-refractivity contribution is 0.101. The summed E-state index contributed by atoms with van der Waals surface area (Å²) in [5.41, 5.74) is 0.741. The lowest BCUT2D eigenvalue weighted by Gasteiger charge is -2.06. The lowest BCUT2D eigenvalue weighted by Crippen LogP contribution is -2.14. The number of carbonyl (C=O) groups is 1. The molecule has 7 heteroatoms. The summed E-state index contributed by atoms with van der Waals surface area (Å²) < 4.78 is 0. The quantitative estimate of drug-likeness (QED) is 0.780. The summed E-state index contributed by atoms with van der Waals surface area (Å²) >= 11 is 1.56. The average molecular weight is 235 g/mol. The minimum Gasteiger partial charge on any atom is -0.318 e. The first-order valence-corrected chi connectivity index (χ1v) is 5.71. The van der Waals surface area contributed by atoms with Gasteiger partial charge in [0.15, 0.2) is 0 Å². The maximum atomic E-state index is 11.6. The summed E-state index contributed by atoms with van der Waals surface area (Å²) in [6, 6.07) is 7.52. The highest BCUT2D eigenvalue weighted by Gasteiger charge is 2.12. The van der Waals surface area contributed by atoms with Gasteiger partial charge < -0.3 is 5.32 Å². The number of carbonyl (C=O) groups excluding carboxylic acids is 1. The van der Waals surface area contributed by atoms with Crippen LogP contribution in [0.4, 0.5) is 5.69 Å². The number of rotatable bonds is 3. The molecule has 82 valence electrons. The maximum absolute atomic E-state index is 11.6. The molecular formula is C9H9N5OS. The van der Waals surface area contributed by atoms with Crippen LogP contribution in [-0.2, 0) is 0 Å². The summed E-state index contributed by atoms with van der Waals surface area (Å²) in [6.45, 7) is 0. The van der Waals surface area contributed by atoms with E-state index in [2.05, 4.69) is 25.9 Å². The van der Waals surface area contributed by atoms with Gasteiger partial charge in [0.2, 0.25) is 0 Å². The molecule has 0 unspecified atom stereocenters. The molecule has 0 radical (unpaired) electrons. The van der Waals surface area contributed by atoms with Gasteiger partial charge in [-0.1, -0.05) is 12.1 Å². The zero-order chi connectivity index (χ0) is 11.4. The largest absolute Gasteiger partial charge is 0.318 e. The number of thioether (sulfide) groups is 1.